The number of hydrogen-bond acceptors (Lipinski definition) is 2. The number of hydrogen-bond donors (Lipinski definition) is 1. The fraction of sp³-hybridized carbons (Fsp3) is 0.412. The van der Waals surface area contributed by atoms with Crippen molar-refractivity contribution in [3.05, 3.63) is 57.2 Å². The molecule has 3 heteroatoms. The van der Waals surface area contributed by atoms with Crippen LogP contribution in [-0.4, -0.2) is 12.6 Å². The van der Waals surface area contributed by atoms with Crippen LogP contribution in [-0.2, 0) is 6.42 Å². The van der Waals surface area contributed by atoms with E-state index in [1.807, 2.05) is 6.07 Å². The molecule has 0 aliphatic carbocycles. The maximum atomic E-state index is 6.04. The van der Waals surface area contributed by atoms with Crippen molar-refractivity contribution < 1.29 is 0 Å². The summed E-state index contributed by atoms with van der Waals surface area (Å²) in [6.45, 7) is 5.57. The number of rotatable bonds is 7. The molecule has 0 radical (unpaired) electrons. The van der Waals surface area contributed by atoms with E-state index in [1.54, 1.807) is 11.3 Å². The Balaban J connectivity index is 2.10. The van der Waals surface area contributed by atoms with Crippen molar-refractivity contribution in [3.8, 4) is 0 Å². The van der Waals surface area contributed by atoms with Gasteiger partial charge in [0.15, 0.2) is 0 Å². The molecular weight excluding hydrogens is 286 g/mol. The van der Waals surface area contributed by atoms with E-state index in [1.165, 1.54) is 10.4 Å². The summed E-state index contributed by atoms with van der Waals surface area (Å²) < 4.78 is 0.876. The van der Waals surface area contributed by atoms with Gasteiger partial charge in [-0.2, -0.15) is 0 Å². The molecule has 0 saturated carbocycles. The molecule has 2 aromatic rings. The van der Waals surface area contributed by atoms with Crippen LogP contribution in [0.15, 0.2) is 42.5 Å². The van der Waals surface area contributed by atoms with Gasteiger partial charge in [-0.15, -0.1) is 11.3 Å². The second kappa shape index (κ2) is 7.82. The predicted octanol–water partition coefficient (Wildman–Crippen LogP) is 5.12. The van der Waals surface area contributed by atoms with Gasteiger partial charge in [0.25, 0.3) is 0 Å². The van der Waals surface area contributed by atoms with Gasteiger partial charge in [-0.1, -0.05) is 55.8 Å². The van der Waals surface area contributed by atoms with Crippen molar-refractivity contribution in [2.24, 2.45) is 0 Å². The predicted molar refractivity (Wildman–Crippen MR) is 90.0 cm³/mol. The average Bonchev–Trinajstić information content (AvgIpc) is 2.89. The molecule has 1 aromatic carbocycles. The van der Waals surface area contributed by atoms with Crippen LogP contribution in [0.3, 0.4) is 0 Å². The first-order valence-corrected chi connectivity index (χ1v) is 8.42. The molecule has 108 valence electrons. The molecule has 1 N–H and O–H groups in total. The highest BCUT2D eigenvalue weighted by atomic mass is 35.5. The molecule has 0 bridgehead atoms. The molecule has 0 aliphatic rings. The monoisotopic (exact) mass is 307 g/mol. The lowest BCUT2D eigenvalue weighted by atomic mass is 9.91. The van der Waals surface area contributed by atoms with Gasteiger partial charge in [0.2, 0.25) is 0 Å². The third kappa shape index (κ3) is 4.34. The largest absolute Gasteiger partial charge is 0.313 e. The molecule has 1 aromatic heterocycles. The number of halogens is 1. The molecular formula is C17H22ClNS. The molecule has 1 nitrogen and oxygen atoms in total. The average molecular weight is 308 g/mol. The van der Waals surface area contributed by atoms with E-state index >= 15 is 0 Å². The van der Waals surface area contributed by atoms with E-state index in [9.17, 15) is 0 Å². The van der Waals surface area contributed by atoms with Crippen LogP contribution < -0.4 is 5.32 Å². The summed E-state index contributed by atoms with van der Waals surface area (Å²) in [6, 6.07) is 15.3. The third-order valence-corrected chi connectivity index (χ3v) is 4.89. The SMILES string of the molecule is CCCNC(Cc1ccc(Cl)s1)C(C)c1ccccc1. The van der Waals surface area contributed by atoms with E-state index < -0.39 is 0 Å². The molecule has 0 fully saturated rings. The van der Waals surface area contributed by atoms with Crippen LogP contribution in [0.1, 0.15) is 36.6 Å². The van der Waals surface area contributed by atoms with Gasteiger partial charge in [0.05, 0.1) is 4.34 Å². The summed E-state index contributed by atoms with van der Waals surface area (Å²) in [5, 5.41) is 3.69. The van der Waals surface area contributed by atoms with E-state index in [0.717, 1.165) is 23.7 Å². The van der Waals surface area contributed by atoms with Crippen molar-refractivity contribution in [1.29, 1.82) is 0 Å². The Morgan fingerprint density at radius 3 is 2.50 bits per heavy atom. The first kappa shape index (κ1) is 15.6. The third-order valence-electron chi connectivity index (χ3n) is 3.64. The normalized spacial score (nSPS) is 14.2. The zero-order chi connectivity index (χ0) is 14.4. The van der Waals surface area contributed by atoms with Crippen LogP contribution in [0.4, 0.5) is 0 Å². The van der Waals surface area contributed by atoms with Crippen LogP contribution in [0.2, 0.25) is 4.34 Å². The van der Waals surface area contributed by atoms with Crippen molar-refractivity contribution in [3.63, 3.8) is 0 Å². The summed E-state index contributed by atoms with van der Waals surface area (Å²) in [7, 11) is 0. The number of thiophene rings is 1. The fourth-order valence-electron chi connectivity index (χ4n) is 2.42. The summed E-state index contributed by atoms with van der Waals surface area (Å²) in [5.74, 6) is 0.489. The molecule has 20 heavy (non-hydrogen) atoms. The highest BCUT2D eigenvalue weighted by molar-refractivity contribution is 7.16. The zero-order valence-corrected chi connectivity index (χ0v) is 13.7. The van der Waals surface area contributed by atoms with Gasteiger partial charge in [-0.3, -0.25) is 0 Å². The van der Waals surface area contributed by atoms with Crippen molar-refractivity contribution in [2.45, 2.75) is 38.6 Å². The summed E-state index contributed by atoms with van der Waals surface area (Å²) >= 11 is 7.73. The minimum Gasteiger partial charge on any atom is -0.313 e. The maximum Gasteiger partial charge on any atom is 0.0931 e. The molecule has 0 aliphatic heterocycles. The summed E-state index contributed by atoms with van der Waals surface area (Å²) in [4.78, 5) is 1.35. The Bertz CT molecular complexity index is 509. The van der Waals surface area contributed by atoms with E-state index in [-0.39, 0.29) is 0 Å². The van der Waals surface area contributed by atoms with Gasteiger partial charge in [-0.05, 0) is 43.0 Å². The Kier molecular flexibility index (Phi) is 6.08. The Morgan fingerprint density at radius 2 is 1.90 bits per heavy atom. The summed E-state index contributed by atoms with van der Waals surface area (Å²) in [6.07, 6.45) is 2.19. The highest BCUT2D eigenvalue weighted by Gasteiger charge is 2.19. The van der Waals surface area contributed by atoms with Gasteiger partial charge >= 0.3 is 0 Å². The Labute approximate surface area is 131 Å². The first-order chi connectivity index (χ1) is 9.70. The molecule has 2 unspecified atom stereocenters. The Morgan fingerprint density at radius 1 is 1.15 bits per heavy atom. The lowest BCUT2D eigenvalue weighted by Crippen LogP contribution is -2.36. The van der Waals surface area contributed by atoms with Gasteiger partial charge in [0.1, 0.15) is 0 Å². The van der Waals surface area contributed by atoms with Crippen molar-refractivity contribution in [1.82, 2.24) is 5.32 Å². The summed E-state index contributed by atoms with van der Waals surface area (Å²) in [5.41, 5.74) is 1.39. The molecule has 2 atom stereocenters. The standard InChI is InChI=1S/C17H22ClNS/c1-3-11-19-16(12-15-9-10-17(18)20-15)13(2)14-7-5-4-6-8-14/h4-10,13,16,19H,3,11-12H2,1-2H3. The first-order valence-electron chi connectivity index (χ1n) is 7.23. The topological polar surface area (TPSA) is 12.0 Å². The molecule has 0 saturated heterocycles. The molecule has 0 amide bonds. The van der Waals surface area contributed by atoms with Crippen LogP contribution in [0, 0.1) is 0 Å². The van der Waals surface area contributed by atoms with Gasteiger partial charge in [0, 0.05) is 10.9 Å². The van der Waals surface area contributed by atoms with Crippen molar-refractivity contribution in [2.75, 3.05) is 6.54 Å². The zero-order valence-electron chi connectivity index (χ0n) is 12.1. The van der Waals surface area contributed by atoms with Crippen LogP contribution >= 0.6 is 22.9 Å². The second-order valence-corrected chi connectivity index (χ2v) is 6.97. The number of nitrogens with one attached hydrogen (secondary N) is 1. The van der Waals surface area contributed by atoms with Crippen molar-refractivity contribution >= 4 is 22.9 Å². The molecule has 2 rings (SSSR count). The lowest BCUT2D eigenvalue weighted by molar-refractivity contribution is 0.449. The highest BCUT2D eigenvalue weighted by Crippen LogP contribution is 2.27. The lowest BCUT2D eigenvalue weighted by Gasteiger charge is -2.25. The second-order valence-electron chi connectivity index (χ2n) is 5.17. The van der Waals surface area contributed by atoms with Gasteiger partial charge < -0.3 is 5.32 Å². The molecule has 0 spiro atoms. The van der Waals surface area contributed by atoms with E-state index in [0.29, 0.717) is 12.0 Å². The minimum atomic E-state index is 0.451. The minimum absolute atomic E-state index is 0.451. The smallest absolute Gasteiger partial charge is 0.0931 e. The number of benzene rings is 1. The maximum absolute atomic E-state index is 6.04. The van der Waals surface area contributed by atoms with Crippen LogP contribution in [0.5, 0.6) is 0 Å². The fourth-order valence-corrected chi connectivity index (χ4v) is 3.57. The van der Waals surface area contributed by atoms with E-state index in [4.69, 9.17) is 11.6 Å². The van der Waals surface area contributed by atoms with E-state index in [2.05, 4.69) is 55.6 Å². The molecule has 1 heterocycles. The van der Waals surface area contributed by atoms with Gasteiger partial charge in [-0.25, -0.2) is 0 Å². The van der Waals surface area contributed by atoms with Crippen LogP contribution in [0.25, 0.3) is 0 Å². The quantitative estimate of drug-likeness (QED) is 0.749. The Hall–Kier alpha value is -0.830.